The van der Waals surface area contributed by atoms with Gasteiger partial charge in [0.2, 0.25) is 0 Å². The summed E-state index contributed by atoms with van der Waals surface area (Å²) >= 11 is 0. The van der Waals surface area contributed by atoms with Crippen LogP contribution in [0.15, 0.2) is 0 Å². The second kappa shape index (κ2) is 17.0. The third-order valence-electron chi connectivity index (χ3n) is 4.70. The van der Waals surface area contributed by atoms with E-state index in [1.807, 2.05) is 0 Å². The predicted molar refractivity (Wildman–Crippen MR) is 94.2 cm³/mol. The number of carbonyl (C=O) groups is 2. The van der Waals surface area contributed by atoms with Gasteiger partial charge in [0.1, 0.15) is 0 Å². The van der Waals surface area contributed by atoms with Crippen LogP contribution < -0.4 is 10.2 Å². The van der Waals surface area contributed by atoms with Gasteiger partial charge in [-0.15, -0.1) is 0 Å². The Morgan fingerprint density at radius 2 is 0.917 bits per heavy atom. The molecule has 0 saturated heterocycles. The van der Waals surface area contributed by atoms with Gasteiger partial charge in [0, 0.05) is 5.41 Å². The average Bonchev–Trinajstić information content (AvgIpc) is 2.51. The molecule has 0 aliphatic rings. The molecule has 0 bridgehead atoms. The topological polar surface area (TPSA) is 80.3 Å². The summed E-state index contributed by atoms with van der Waals surface area (Å²) in [7, 11) is 0. The van der Waals surface area contributed by atoms with E-state index in [0.29, 0.717) is 12.8 Å². The fourth-order valence-corrected chi connectivity index (χ4v) is 3.03. The maximum atomic E-state index is 11.5. The van der Waals surface area contributed by atoms with Gasteiger partial charge >= 0.3 is 48.9 Å². The zero-order chi connectivity index (χ0) is 17.6. The van der Waals surface area contributed by atoms with Crippen LogP contribution in [0.25, 0.3) is 0 Å². The van der Waals surface area contributed by atoms with Gasteiger partial charge in [-0.2, -0.15) is 0 Å². The minimum absolute atomic E-state index is 0. The van der Waals surface area contributed by atoms with E-state index < -0.39 is 17.4 Å². The maximum absolute atomic E-state index is 11.5. The van der Waals surface area contributed by atoms with Gasteiger partial charge < -0.3 is 19.8 Å². The molecular weight excluding hydrogens is 430 g/mol. The molecule has 0 rings (SSSR count). The molecule has 0 aromatic heterocycles. The molecule has 136 valence electrons. The number of unbranched alkanes of at least 4 members (excludes halogenated alkanes) is 10. The minimum Gasteiger partial charge on any atom is -0.549 e. The molecule has 0 aromatic carbocycles. The molecule has 0 N–H and O–H groups in total. The summed E-state index contributed by atoms with van der Waals surface area (Å²) in [6.45, 7) is 4.27. The molecular formula is C19H34BaO4. The molecule has 0 aliphatic heterocycles. The van der Waals surface area contributed by atoms with Crippen LogP contribution in [0, 0.1) is 5.41 Å². The molecule has 24 heavy (non-hydrogen) atoms. The van der Waals surface area contributed by atoms with Crippen molar-refractivity contribution in [1.29, 1.82) is 0 Å². The summed E-state index contributed by atoms with van der Waals surface area (Å²) in [5, 5.41) is 22.9. The van der Waals surface area contributed by atoms with Crippen molar-refractivity contribution >= 4 is 60.8 Å². The van der Waals surface area contributed by atoms with Crippen LogP contribution in [-0.2, 0) is 9.59 Å². The van der Waals surface area contributed by atoms with Crippen molar-refractivity contribution in [2.45, 2.75) is 104 Å². The molecule has 0 aromatic rings. The molecule has 0 atom stereocenters. The number of aliphatic carboxylic acids is 2. The van der Waals surface area contributed by atoms with E-state index in [2.05, 4.69) is 13.8 Å². The summed E-state index contributed by atoms with van der Waals surface area (Å²) in [6.07, 6.45) is 12.2. The summed E-state index contributed by atoms with van der Waals surface area (Å²) in [5.74, 6) is -2.95. The number of hydrogen-bond donors (Lipinski definition) is 0. The predicted octanol–water partition coefficient (Wildman–Crippen LogP) is 2.59. The van der Waals surface area contributed by atoms with Gasteiger partial charge in [0.15, 0.2) is 0 Å². The van der Waals surface area contributed by atoms with Crippen molar-refractivity contribution in [1.82, 2.24) is 0 Å². The Labute approximate surface area is 188 Å². The van der Waals surface area contributed by atoms with Gasteiger partial charge in [0.05, 0.1) is 11.9 Å². The Morgan fingerprint density at radius 1 is 0.625 bits per heavy atom. The van der Waals surface area contributed by atoms with Crippen molar-refractivity contribution in [3.8, 4) is 0 Å². The SMILES string of the molecule is CCCCCCCCC(CCCCCCCC)(C(=O)[O-])C(=O)[O-].[Ba+2]. The third-order valence-corrected chi connectivity index (χ3v) is 4.70. The number of carboxylic acid groups (broad SMARTS) is 2. The van der Waals surface area contributed by atoms with Gasteiger partial charge in [0.25, 0.3) is 0 Å². The van der Waals surface area contributed by atoms with Crippen LogP contribution in [0.1, 0.15) is 104 Å². The quantitative estimate of drug-likeness (QED) is 0.200. The Hall–Kier alpha value is 0.511. The molecule has 0 unspecified atom stereocenters. The fourth-order valence-electron chi connectivity index (χ4n) is 3.03. The van der Waals surface area contributed by atoms with E-state index in [1.165, 1.54) is 12.8 Å². The van der Waals surface area contributed by atoms with E-state index in [-0.39, 0.29) is 61.7 Å². The summed E-state index contributed by atoms with van der Waals surface area (Å²) in [6, 6.07) is 0. The normalized spacial score (nSPS) is 11.1. The zero-order valence-electron chi connectivity index (χ0n) is 15.7. The molecule has 0 heterocycles. The number of hydrogen-bond acceptors (Lipinski definition) is 4. The van der Waals surface area contributed by atoms with E-state index in [1.54, 1.807) is 0 Å². The first-order valence-corrected chi connectivity index (χ1v) is 9.44. The number of carbonyl (C=O) groups excluding carboxylic acids is 2. The molecule has 5 heteroatoms. The van der Waals surface area contributed by atoms with Crippen molar-refractivity contribution in [2.75, 3.05) is 0 Å². The van der Waals surface area contributed by atoms with Crippen LogP contribution in [0.3, 0.4) is 0 Å². The van der Waals surface area contributed by atoms with Crippen molar-refractivity contribution in [3.05, 3.63) is 0 Å². The van der Waals surface area contributed by atoms with Crippen molar-refractivity contribution < 1.29 is 19.8 Å². The minimum atomic E-state index is -1.80. The standard InChI is InChI=1S/C19H36O4.Ba/c1-3-5-7-9-11-13-15-19(17(20)21,18(22)23)16-14-12-10-8-6-4-2;/h3-16H2,1-2H3,(H,20,21)(H,22,23);/q;+2/p-2. The second-order valence-electron chi connectivity index (χ2n) is 6.69. The summed E-state index contributed by atoms with van der Waals surface area (Å²) < 4.78 is 0. The summed E-state index contributed by atoms with van der Waals surface area (Å²) in [5.41, 5.74) is -1.80. The van der Waals surface area contributed by atoms with Gasteiger partial charge in [-0.1, -0.05) is 90.9 Å². The average molecular weight is 464 g/mol. The van der Waals surface area contributed by atoms with Crippen molar-refractivity contribution in [2.24, 2.45) is 5.41 Å². The fraction of sp³-hybridized carbons (Fsp3) is 0.895. The first-order valence-electron chi connectivity index (χ1n) is 9.44. The maximum Gasteiger partial charge on any atom is 2.00 e. The Morgan fingerprint density at radius 3 is 1.21 bits per heavy atom. The largest absolute Gasteiger partial charge is 2.00 e. The first-order chi connectivity index (χ1) is 11.0. The molecule has 0 fully saturated rings. The molecule has 0 spiro atoms. The molecule has 0 saturated carbocycles. The zero-order valence-corrected chi connectivity index (χ0v) is 20.2. The Bertz CT molecular complexity index is 299. The smallest absolute Gasteiger partial charge is 0.549 e. The molecule has 0 radical (unpaired) electrons. The van der Waals surface area contributed by atoms with Crippen LogP contribution in [0.5, 0.6) is 0 Å². The van der Waals surface area contributed by atoms with E-state index in [4.69, 9.17) is 0 Å². The summed E-state index contributed by atoms with van der Waals surface area (Å²) in [4.78, 5) is 22.9. The Balaban J connectivity index is 0. The second-order valence-corrected chi connectivity index (χ2v) is 6.69. The van der Waals surface area contributed by atoms with Crippen LogP contribution >= 0.6 is 0 Å². The third kappa shape index (κ3) is 11.2. The van der Waals surface area contributed by atoms with Crippen LogP contribution in [0.4, 0.5) is 0 Å². The van der Waals surface area contributed by atoms with E-state index in [9.17, 15) is 19.8 Å². The molecule has 0 amide bonds. The molecule has 4 nitrogen and oxygen atoms in total. The van der Waals surface area contributed by atoms with Crippen molar-refractivity contribution in [3.63, 3.8) is 0 Å². The van der Waals surface area contributed by atoms with Gasteiger partial charge in [-0.05, 0) is 12.8 Å². The Kier molecular flexibility index (Phi) is 18.9. The van der Waals surface area contributed by atoms with E-state index >= 15 is 0 Å². The monoisotopic (exact) mass is 464 g/mol. The van der Waals surface area contributed by atoms with Crippen LogP contribution in [0.2, 0.25) is 0 Å². The first kappa shape index (κ1) is 26.7. The number of carboxylic acids is 2. The number of rotatable bonds is 16. The van der Waals surface area contributed by atoms with E-state index in [0.717, 1.165) is 51.4 Å². The van der Waals surface area contributed by atoms with Gasteiger partial charge in [-0.25, -0.2) is 0 Å². The van der Waals surface area contributed by atoms with Crippen LogP contribution in [-0.4, -0.2) is 60.8 Å². The van der Waals surface area contributed by atoms with Gasteiger partial charge in [-0.3, -0.25) is 0 Å². The molecule has 0 aliphatic carbocycles.